The molecule has 1 aromatic heterocycles. The fourth-order valence-corrected chi connectivity index (χ4v) is 1.91. The van der Waals surface area contributed by atoms with Crippen molar-refractivity contribution in [3.63, 3.8) is 0 Å². The van der Waals surface area contributed by atoms with Gasteiger partial charge in [0.05, 0.1) is 13.2 Å². The standard InChI is InChI=1S/C9H11Cl2N3O.2C2H6/c1-6-12-8(11)7(10)9(13-6)14-2-4-15-5-3-14;2*1-2/h2-5H2,1H3;2*1-2H3. The second-order valence-corrected chi connectivity index (χ2v) is 4.03. The van der Waals surface area contributed by atoms with E-state index in [1.54, 1.807) is 6.92 Å². The minimum absolute atomic E-state index is 0.311. The number of morpholine rings is 1. The van der Waals surface area contributed by atoms with Crippen molar-refractivity contribution in [2.45, 2.75) is 34.6 Å². The summed E-state index contributed by atoms with van der Waals surface area (Å²) in [6.07, 6.45) is 0. The first kappa shape index (κ1) is 18.4. The van der Waals surface area contributed by atoms with E-state index >= 15 is 0 Å². The van der Waals surface area contributed by atoms with Crippen LogP contribution in [0.1, 0.15) is 33.5 Å². The van der Waals surface area contributed by atoms with E-state index in [9.17, 15) is 0 Å². The molecule has 0 saturated carbocycles. The van der Waals surface area contributed by atoms with Gasteiger partial charge < -0.3 is 9.64 Å². The molecule has 0 bridgehead atoms. The highest BCUT2D eigenvalue weighted by Crippen LogP contribution is 2.29. The van der Waals surface area contributed by atoms with E-state index in [0.717, 1.165) is 13.1 Å². The van der Waals surface area contributed by atoms with Crippen LogP contribution in [0.4, 0.5) is 5.82 Å². The molecule has 1 aliphatic heterocycles. The number of hydrogen-bond acceptors (Lipinski definition) is 4. The Morgan fingerprint density at radius 3 is 2.05 bits per heavy atom. The van der Waals surface area contributed by atoms with E-state index in [4.69, 9.17) is 27.9 Å². The van der Waals surface area contributed by atoms with Gasteiger partial charge in [0.1, 0.15) is 10.8 Å². The van der Waals surface area contributed by atoms with E-state index in [1.807, 2.05) is 27.7 Å². The van der Waals surface area contributed by atoms with E-state index in [2.05, 4.69) is 14.9 Å². The first-order chi connectivity index (χ1) is 9.18. The molecule has 110 valence electrons. The first-order valence-corrected chi connectivity index (χ1v) is 7.46. The third kappa shape index (κ3) is 5.51. The van der Waals surface area contributed by atoms with Crippen molar-refractivity contribution in [1.82, 2.24) is 9.97 Å². The average Bonchev–Trinajstić information content (AvgIpc) is 2.48. The van der Waals surface area contributed by atoms with Gasteiger partial charge in [0.15, 0.2) is 11.0 Å². The molecule has 0 aromatic carbocycles. The fraction of sp³-hybridized carbons (Fsp3) is 0.692. The van der Waals surface area contributed by atoms with Crippen molar-refractivity contribution in [3.05, 3.63) is 16.0 Å². The zero-order valence-corrected chi connectivity index (χ0v) is 13.8. The van der Waals surface area contributed by atoms with Gasteiger partial charge in [0.2, 0.25) is 0 Å². The summed E-state index contributed by atoms with van der Waals surface area (Å²) < 4.78 is 5.26. The van der Waals surface area contributed by atoms with Crippen molar-refractivity contribution in [2.24, 2.45) is 0 Å². The Morgan fingerprint density at radius 1 is 1.00 bits per heavy atom. The van der Waals surface area contributed by atoms with Crippen molar-refractivity contribution < 1.29 is 4.74 Å². The molecule has 0 radical (unpaired) electrons. The summed E-state index contributed by atoms with van der Waals surface area (Å²) in [6, 6.07) is 0. The highest BCUT2D eigenvalue weighted by molar-refractivity contribution is 6.42. The molecule has 2 rings (SSSR count). The van der Waals surface area contributed by atoms with Crippen LogP contribution in [-0.4, -0.2) is 36.3 Å². The highest BCUT2D eigenvalue weighted by atomic mass is 35.5. The smallest absolute Gasteiger partial charge is 0.153 e. The van der Waals surface area contributed by atoms with E-state index < -0.39 is 0 Å². The number of halogens is 2. The summed E-state index contributed by atoms with van der Waals surface area (Å²) in [5, 5.41) is 0.731. The molecule has 4 nitrogen and oxygen atoms in total. The summed E-state index contributed by atoms with van der Waals surface area (Å²) in [5.74, 6) is 1.34. The van der Waals surface area contributed by atoms with Crippen LogP contribution in [0, 0.1) is 6.92 Å². The Kier molecular flexibility index (Phi) is 9.92. The average molecular weight is 308 g/mol. The van der Waals surface area contributed by atoms with Crippen LogP contribution >= 0.6 is 23.2 Å². The Labute approximate surface area is 126 Å². The lowest BCUT2D eigenvalue weighted by molar-refractivity contribution is 0.122. The Morgan fingerprint density at radius 2 is 1.53 bits per heavy atom. The number of anilines is 1. The Bertz CT molecular complexity index is 369. The largest absolute Gasteiger partial charge is 0.378 e. The molecule has 1 saturated heterocycles. The maximum atomic E-state index is 6.06. The maximum absolute atomic E-state index is 6.06. The Hall–Kier alpha value is -0.580. The molecule has 0 atom stereocenters. The second kappa shape index (κ2) is 10.2. The number of ether oxygens (including phenoxy) is 1. The van der Waals surface area contributed by atoms with Gasteiger partial charge in [-0.2, -0.15) is 0 Å². The van der Waals surface area contributed by atoms with Crippen molar-refractivity contribution in [1.29, 1.82) is 0 Å². The van der Waals surface area contributed by atoms with Gasteiger partial charge in [0.25, 0.3) is 0 Å². The van der Waals surface area contributed by atoms with Gasteiger partial charge in [-0.3, -0.25) is 0 Å². The zero-order chi connectivity index (χ0) is 14.8. The molecule has 1 aromatic rings. The molecule has 1 aliphatic rings. The lowest BCUT2D eigenvalue weighted by Crippen LogP contribution is -2.37. The summed E-state index contributed by atoms with van der Waals surface area (Å²) >= 11 is 12.0. The summed E-state index contributed by atoms with van der Waals surface area (Å²) in [7, 11) is 0. The SMILES string of the molecule is CC.CC.Cc1nc(Cl)c(Cl)c(N2CCOCC2)n1. The summed E-state index contributed by atoms with van der Waals surface area (Å²) in [5.41, 5.74) is 0. The van der Waals surface area contributed by atoms with Gasteiger partial charge >= 0.3 is 0 Å². The van der Waals surface area contributed by atoms with Gasteiger partial charge in [-0.05, 0) is 6.92 Å². The van der Waals surface area contributed by atoms with Crippen LogP contribution < -0.4 is 4.90 Å². The van der Waals surface area contributed by atoms with Crippen LogP contribution in [0.5, 0.6) is 0 Å². The number of nitrogens with zero attached hydrogens (tertiary/aromatic N) is 3. The van der Waals surface area contributed by atoms with Gasteiger partial charge in [-0.25, -0.2) is 9.97 Å². The van der Waals surface area contributed by atoms with Crippen molar-refractivity contribution >= 4 is 29.0 Å². The van der Waals surface area contributed by atoms with Gasteiger partial charge in [0, 0.05) is 13.1 Å². The van der Waals surface area contributed by atoms with Crippen LogP contribution in [0.2, 0.25) is 10.2 Å². The van der Waals surface area contributed by atoms with E-state index in [-0.39, 0.29) is 0 Å². The van der Waals surface area contributed by atoms with Crippen LogP contribution in [0.25, 0.3) is 0 Å². The van der Waals surface area contributed by atoms with Crippen LogP contribution in [-0.2, 0) is 4.74 Å². The first-order valence-electron chi connectivity index (χ1n) is 6.71. The molecule has 0 spiro atoms. The Balaban J connectivity index is 0.000000741. The maximum Gasteiger partial charge on any atom is 0.153 e. The van der Waals surface area contributed by atoms with E-state index in [1.165, 1.54) is 0 Å². The van der Waals surface area contributed by atoms with E-state index in [0.29, 0.717) is 35.0 Å². The summed E-state index contributed by atoms with van der Waals surface area (Å²) in [6.45, 7) is 12.7. The number of aryl methyl sites for hydroxylation is 1. The monoisotopic (exact) mass is 307 g/mol. The van der Waals surface area contributed by atoms with Crippen LogP contribution in [0.15, 0.2) is 0 Å². The van der Waals surface area contributed by atoms with Crippen LogP contribution in [0.3, 0.4) is 0 Å². The van der Waals surface area contributed by atoms with Gasteiger partial charge in [-0.1, -0.05) is 50.9 Å². The molecule has 6 heteroatoms. The number of rotatable bonds is 1. The zero-order valence-electron chi connectivity index (χ0n) is 12.3. The highest BCUT2D eigenvalue weighted by Gasteiger charge is 2.18. The predicted octanol–water partition coefficient (Wildman–Crippen LogP) is 3.98. The lowest BCUT2D eigenvalue weighted by Gasteiger charge is -2.28. The predicted molar refractivity (Wildman–Crippen MR) is 82.5 cm³/mol. The molecule has 1 fully saturated rings. The normalized spacial score (nSPS) is 13.9. The van der Waals surface area contributed by atoms with Gasteiger partial charge in [-0.15, -0.1) is 0 Å². The third-order valence-corrected chi connectivity index (χ3v) is 2.93. The van der Waals surface area contributed by atoms with Crippen molar-refractivity contribution in [2.75, 3.05) is 31.2 Å². The molecule has 0 amide bonds. The fourth-order valence-electron chi connectivity index (χ4n) is 1.50. The van der Waals surface area contributed by atoms with Crippen molar-refractivity contribution in [3.8, 4) is 0 Å². The summed E-state index contributed by atoms with van der Waals surface area (Å²) in [4.78, 5) is 10.4. The minimum Gasteiger partial charge on any atom is -0.378 e. The second-order valence-electron chi connectivity index (χ2n) is 3.30. The molecular weight excluding hydrogens is 285 g/mol. The molecule has 0 N–H and O–H groups in total. The minimum atomic E-state index is 0.311. The topological polar surface area (TPSA) is 38.2 Å². The number of hydrogen-bond donors (Lipinski definition) is 0. The number of aromatic nitrogens is 2. The lowest BCUT2D eigenvalue weighted by atomic mass is 10.4. The third-order valence-electron chi connectivity index (χ3n) is 2.22. The molecule has 2 heterocycles. The molecule has 0 aliphatic carbocycles. The quantitative estimate of drug-likeness (QED) is 0.736. The molecule has 19 heavy (non-hydrogen) atoms. The molecular formula is C13H23Cl2N3O. The molecule has 0 unspecified atom stereocenters.